The van der Waals surface area contributed by atoms with Gasteiger partial charge in [-0.2, -0.15) is 0 Å². The highest BCUT2D eigenvalue weighted by atomic mass is 16.5. The van der Waals surface area contributed by atoms with Crippen LogP contribution in [0.5, 0.6) is 0 Å². The monoisotopic (exact) mass is 499 g/mol. The van der Waals surface area contributed by atoms with Crippen LogP contribution in [0.15, 0.2) is 77.1 Å². The fourth-order valence-corrected chi connectivity index (χ4v) is 6.00. The first-order valence-electron chi connectivity index (χ1n) is 13.1. The van der Waals surface area contributed by atoms with Gasteiger partial charge in [0.15, 0.2) is 5.78 Å². The number of rotatable bonds is 5. The summed E-state index contributed by atoms with van der Waals surface area (Å²) < 4.78 is 10.9. The van der Waals surface area contributed by atoms with E-state index in [1.54, 1.807) is 0 Å². The van der Waals surface area contributed by atoms with E-state index in [-0.39, 0.29) is 17.8 Å². The van der Waals surface area contributed by atoms with Gasteiger partial charge in [0.25, 0.3) is 0 Å². The first kappa shape index (κ1) is 25.0. The van der Waals surface area contributed by atoms with Crippen molar-refractivity contribution in [3.8, 4) is 11.1 Å². The Hall–Kier alpha value is -3.67. The number of esters is 2. The minimum atomic E-state index is -0.901. The normalized spacial score (nSPS) is 24.0. The van der Waals surface area contributed by atoms with E-state index >= 15 is 0 Å². The number of dihydropyridines is 1. The summed E-state index contributed by atoms with van der Waals surface area (Å²) in [7, 11) is 1.31. The fraction of sp³-hybridized carbons (Fsp3) is 0.387. The first-order chi connectivity index (χ1) is 17.9. The van der Waals surface area contributed by atoms with E-state index in [0.29, 0.717) is 23.3 Å². The third-order valence-corrected chi connectivity index (χ3v) is 7.89. The van der Waals surface area contributed by atoms with Gasteiger partial charge in [0.05, 0.1) is 12.7 Å². The molecule has 0 amide bonds. The molecule has 3 aliphatic rings. The van der Waals surface area contributed by atoms with Gasteiger partial charge in [-0.3, -0.25) is 9.59 Å². The van der Waals surface area contributed by atoms with Crippen molar-refractivity contribution in [3.63, 3.8) is 0 Å². The zero-order valence-electron chi connectivity index (χ0n) is 21.6. The standard InChI is InChI=1S/C31H33NO5/c1-18-17-24-28(29(33)25(18)30(34)36-3)27(22-15-13-21(14-16-22)20-9-5-4-6-10-20)26(19(2)32-24)31(35)37-23-11-7-8-12-23/h4-6,9-10,13-16,18,23,25,27,32H,7-8,11-12,17H2,1-3H3/t18-,25+,27-/m1/s1. The van der Waals surface area contributed by atoms with Crippen molar-refractivity contribution >= 4 is 17.7 Å². The van der Waals surface area contributed by atoms with Gasteiger partial charge in [-0.05, 0) is 61.6 Å². The quantitative estimate of drug-likeness (QED) is 0.435. The average molecular weight is 500 g/mol. The number of methoxy groups -OCH3 is 1. The minimum absolute atomic E-state index is 0.103. The molecule has 0 bridgehead atoms. The van der Waals surface area contributed by atoms with E-state index in [1.807, 2.05) is 68.4 Å². The molecule has 1 fully saturated rings. The molecule has 2 aliphatic carbocycles. The smallest absolute Gasteiger partial charge is 0.337 e. The zero-order chi connectivity index (χ0) is 26.1. The Morgan fingerprint density at radius 3 is 2.24 bits per heavy atom. The molecule has 0 spiro atoms. The van der Waals surface area contributed by atoms with Crippen LogP contribution in [0.2, 0.25) is 0 Å². The summed E-state index contributed by atoms with van der Waals surface area (Å²) in [5.74, 6) is -2.97. The van der Waals surface area contributed by atoms with Crippen molar-refractivity contribution in [2.75, 3.05) is 7.11 Å². The first-order valence-corrected chi connectivity index (χ1v) is 13.1. The molecule has 2 aromatic carbocycles. The number of ether oxygens (including phenoxy) is 2. The van der Waals surface area contributed by atoms with Gasteiger partial charge in [0, 0.05) is 22.9 Å². The van der Waals surface area contributed by atoms with Gasteiger partial charge < -0.3 is 14.8 Å². The molecular formula is C31H33NO5. The van der Waals surface area contributed by atoms with E-state index < -0.39 is 23.8 Å². The van der Waals surface area contributed by atoms with Gasteiger partial charge in [0.2, 0.25) is 0 Å². The van der Waals surface area contributed by atoms with Crippen LogP contribution in [-0.2, 0) is 23.9 Å². The molecule has 1 heterocycles. The van der Waals surface area contributed by atoms with E-state index in [2.05, 4.69) is 5.32 Å². The Labute approximate surface area is 217 Å². The van der Waals surface area contributed by atoms with Crippen molar-refractivity contribution in [3.05, 3.63) is 82.7 Å². The number of carbonyl (C=O) groups excluding carboxylic acids is 3. The van der Waals surface area contributed by atoms with Crippen LogP contribution in [-0.4, -0.2) is 30.9 Å². The van der Waals surface area contributed by atoms with E-state index in [4.69, 9.17) is 9.47 Å². The lowest BCUT2D eigenvalue weighted by Gasteiger charge is -2.38. The van der Waals surface area contributed by atoms with Crippen LogP contribution in [0.4, 0.5) is 0 Å². The molecule has 1 N–H and O–H groups in total. The average Bonchev–Trinajstić information content (AvgIpc) is 3.41. The second-order valence-electron chi connectivity index (χ2n) is 10.3. The summed E-state index contributed by atoms with van der Waals surface area (Å²) in [4.78, 5) is 40.1. The van der Waals surface area contributed by atoms with Crippen LogP contribution in [0, 0.1) is 11.8 Å². The maximum Gasteiger partial charge on any atom is 0.337 e. The highest BCUT2D eigenvalue weighted by molar-refractivity contribution is 6.12. The lowest BCUT2D eigenvalue weighted by atomic mass is 9.69. The summed E-state index contributed by atoms with van der Waals surface area (Å²) in [6.07, 6.45) is 4.22. The predicted molar refractivity (Wildman–Crippen MR) is 140 cm³/mol. The SMILES string of the molecule is COC(=O)[C@@H]1C(=O)C2=C(C[C@H]1C)NC(C)=C(C(=O)OC1CCCC1)[C@H]2c1ccc(-c2ccccc2)cc1. The molecule has 0 aromatic heterocycles. The Balaban J connectivity index is 1.58. The molecule has 0 unspecified atom stereocenters. The summed E-state index contributed by atoms with van der Waals surface area (Å²) in [5, 5.41) is 3.33. The number of ketones is 1. The van der Waals surface area contributed by atoms with Crippen LogP contribution in [0.3, 0.4) is 0 Å². The summed E-state index contributed by atoms with van der Waals surface area (Å²) >= 11 is 0. The molecule has 2 aromatic rings. The molecule has 0 saturated heterocycles. The largest absolute Gasteiger partial charge is 0.468 e. The number of hydrogen-bond donors (Lipinski definition) is 1. The van der Waals surface area contributed by atoms with E-state index in [0.717, 1.165) is 48.1 Å². The molecule has 192 valence electrons. The van der Waals surface area contributed by atoms with Gasteiger partial charge in [-0.25, -0.2) is 4.79 Å². The van der Waals surface area contributed by atoms with Gasteiger partial charge in [-0.1, -0.05) is 61.5 Å². The maximum atomic E-state index is 13.9. The number of hydrogen-bond acceptors (Lipinski definition) is 6. The van der Waals surface area contributed by atoms with Gasteiger partial charge in [-0.15, -0.1) is 0 Å². The van der Waals surface area contributed by atoms with Crippen LogP contribution in [0.1, 0.15) is 57.4 Å². The van der Waals surface area contributed by atoms with Crippen molar-refractivity contribution in [1.82, 2.24) is 5.32 Å². The number of nitrogens with one attached hydrogen (secondary N) is 1. The Bertz CT molecular complexity index is 1270. The lowest BCUT2D eigenvalue weighted by Crippen LogP contribution is -2.43. The van der Waals surface area contributed by atoms with Gasteiger partial charge in [0.1, 0.15) is 12.0 Å². The Morgan fingerprint density at radius 2 is 1.59 bits per heavy atom. The molecule has 6 nitrogen and oxygen atoms in total. The lowest BCUT2D eigenvalue weighted by molar-refractivity contribution is -0.151. The number of carbonyl (C=O) groups is 3. The molecule has 1 saturated carbocycles. The van der Waals surface area contributed by atoms with Gasteiger partial charge >= 0.3 is 11.9 Å². The highest BCUT2D eigenvalue weighted by Crippen LogP contribution is 2.46. The van der Waals surface area contributed by atoms with Crippen molar-refractivity contribution < 1.29 is 23.9 Å². The zero-order valence-corrected chi connectivity index (χ0v) is 21.6. The molecular weight excluding hydrogens is 466 g/mol. The van der Waals surface area contributed by atoms with E-state index in [1.165, 1.54) is 7.11 Å². The molecule has 37 heavy (non-hydrogen) atoms. The van der Waals surface area contributed by atoms with Crippen LogP contribution in [0.25, 0.3) is 11.1 Å². The minimum Gasteiger partial charge on any atom is -0.468 e. The highest BCUT2D eigenvalue weighted by Gasteiger charge is 2.47. The van der Waals surface area contributed by atoms with Crippen molar-refractivity contribution in [1.29, 1.82) is 0 Å². The fourth-order valence-electron chi connectivity index (χ4n) is 6.00. The number of benzene rings is 2. The summed E-state index contributed by atoms with van der Waals surface area (Å²) in [6.45, 7) is 3.75. The predicted octanol–water partition coefficient (Wildman–Crippen LogP) is 5.45. The van der Waals surface area contributed by atoms with Crippen molar-refractivity contribution in [2.24, 2.45) is 11.8 Å². The third kappa shape index (κ3) is 4.73. The second-order valence-corrected chi connectivity index (χ2v) is 10.3. The molecule has 3 atom stereocenters. The Kier molecular flexibility index (Phi) is 7.00. The van der Waals surface area contributed by atoms with Crippen molar-refractivity contribution in [2.45, 2.75) is 58.0 Å². The number of Topliss-reactive ketones (excluding diaryl/α,β-unsaturated/α-hetero) is 1. The summed E-state index contributed by atoms with van der Waals surface area (Å²) in [6, 6.07) is 18.0. The topological polar surface area (TPSA) is 81.7 Å². The second kappa shape index (κ2) is 10.4. The van der Waals surface area contributed by atoms with Crippen LogP contribution < -0.4 is 5.32 Å². The molecule has 6 heteroatoms. The number of allylic oxidation sites excluding steroid dienone is 3. The molecule has 0 radical (unpaired) electrons. The maximum absolute atomic E-state index is 13.9. The molecule has 1 aliphatic heterocycles. The third-order valence-electron chi connectivity index (χ3n) is 7.89. The van der Waals surface area contributed by atoms with Crippen LogP contribution >= 0.6 is 0 Å². The van der Waals surface area contributed by atoms with E-state index in [9.17, 15) is 14.4 Å². The summed E-state index contributed by atoms with van der Waals surface area (Å²) in [5.41, 5.74) is 5.30. The molecule has 5 rings (SSSR count). The Morgan fingerprint density at radius 1 is 0.946 bits per heavy atom.